The van der Waals surface area contributed by atoms with Gasteiger partial charge in [0.1, 0.15) is 12.1 Å². The molecule has 0 bridgehead atoms. The number of benzene rings is 1. The second-order valence-corrected chi connectivity index (χ2v) is 12.1. The van der Waals surface area contributed by atoms with Crippen LogP contribution in [0.4, 0.5) is 0 Å². The molecule has 230 valence electrons. The first-order valence-corrected chi connectivity index (χ1v) is 14.8. The van der Waals surface area contributed by atoms with Gasteiger partial charge in [-0.3, -0.25) is 19.2 Å². The van der Waals surface area contributed by atoms with Crippen LogP contribution in [0, 0.1) is 11.3 Å². The Labute approximate surface area is 249 Å². The summed E-state index contributed by atoms with van der Waals surface area (Å²) in [6.07, 6.45) is 11.9. The molecule has 10 heteroatoms. The van der Waals surface area contributed by atoms with E-state index in [1.807, 2.05) is 51.1 Å². The van der Waals surface area contributed by atoms with Gasteiger partial charge in [0.25, 0.3) is 5.91 Å². The van der Waals surface area contributed by atoms with Gasteiger partial charge in [0.2, 0.25) is 17.7 Å². The van der Waals surface area contributed by atoms with Crippen LogP contribution in [0.2, 0.25) is 0 Å². The Morgan fingerprint density at radius 1 is 1.10 bits per heavy atom. The van der Waals surface area contributed by atoms with E-state index in [1.54, 1.807) is 31.3 Å². The number of amides is 4. The fraction of sp³-hybridized carbons (Fsp3) is 0.562. The lowest BCUT2D eigenvalue weighted by Crippen LogP contribution is -2.58. The Morgan fingerprint density at radius 2 is 1.83 bits per heavy atom. The van der Waals surface area contributed by atoms with E-state index in [4.69, 9.17) is 4.74 Å². The van der Waals surface area contributed by atoms with Crippen LogP contribution in [0.25, 0.3) is 0 Å². The van der Waals surface area contributed by atoms with Crippen molar-refractivity contribution in [2.24, 2.45) is 11.3 Å². The number of hydrogen-bond acceptors (Lipinski definition) is 6. The van der Waals surface area contributed by atoms with Gasteiger partial charge in [-0.15, -0.1) is 0 Å². The van der Waals surface area contributed by atoms with Gasteiger partial charge in [0.15, 0.2) is 0 Å². The number of likely N-dealkylation sites (N-methyl/N-ethyl adjacent to an activating group) is 1. The topological polar surface area (TPSA) is 120 Å². The minimum absolute atomic E-state index is 0.0141. The fourth-order valence-electron chi connectivity index (χ4n) is 4.95. The summed E-state index contributed by atoms with van der Waals surface area (Å²) in [7, 11) is 1.66. The Balaban J connectivity index is 1.68. The maximum atomic E-state index is 13.6. The van der Waals surface area contributed by atoms with Crippen molar-refractivity contribution < 1.29 is 23.9 Å². The molecular weight excluding hydrogens is 534 g/mol. The highest BCUT2D eigenvalue weighted by Gasteiger charge is 2.37. The Bertz CT molecular complexity index is 1130. The minimum Gasteiger partial charge on any atom is -0.374 e. The zero-order valence-electron chi connectivity index (χ0n) is 25.6. The predicted octanol–water partition coefficient (Wildman–Crippen LogP) is 2.72. The lowest BCUT2D eigenvalue weighted by Gasteiger charge is -2.36. The summed E-state index contributed by atoms with van der Waals surface area (Å²) in [5.41, 5.74) is 0.365. The van der Waals surface area contributed by atoms with Gasteiger partial charge in [0.05, 0.1) is 25.8 Å². The van der Waals surface area contributed by atoms with E-state index >= 15 is 0 Å². The molecule has 0 saturated carbocycles. The van der Waals surface area contributed by atoms with Crippen LogP contribution in [-0.4, -0.2) is 78.3 Å². The molecule has 2 aliphatic rings. The number of carbonyl (C=O) groups excluding carboxylic acids is 4. The predicted molar refractivity (Wildman–Crippen MR) is 162 cm³/mol. The molecular formula is C32H47N5O5. The van der Waals surface area contributed by atoms with Gasteiger partial charge >= 0.3 is 0 Å². The Morgan fingerprint density at radius 3 is 2.48 bits per heavy atom. The van der Waals surface area contributed by atoms with E-state index in [-0.39, 0.29) is 25.0 Å². The third kappa shape index (κ3) is 9.52. The zero-order chi connectivity index (χ0) is 30.7. The molecule has 3 rings (SSSR count). The molecule has 42 heavy (non-hydrogen) atoms. The highest BCUT2D eigenvalue weighted by Crippen LogP contribution is 2.23. The van der Waals surface area contributed by atoms with Gasteiger partial charge in [-0.2, -0.15) is 0 Å². The molecule has 0 fully saturated rings. The number of nitrogens with one attached hydrogen (secondary N) is 3. The van der Waals surface area contributed by atoms with E-state index in [9.17, 15) is 19.2 Å². The fourth-order valence-corrected chi connectivity index (χ4v) is 4.95. The zero-order valence-corrected chi connectivity index (χ0v) is 25.6. The van der Waals surface area contributed by atoms with Crippen molar-refractivity contribution in [3.05, 3.63) is 60.4 Å². The van der Waals surface area contributed by atoms with Crippen LogP contribution in [0.15, 0.2) is 54.9 Å². The third-order valence-corrected chi connectivity index (χ3v) is 7.74. The second kappa shape index (κ2) is 15.7. The van der Waals surface area contributed by atoms with E-state index in [1.165, 1.54) is 4.90 Å². The van der Waals surface area contributed by atoms with Crippen molar-refractivity contribution in [1.82, 2.24) is 25.8 Å². The summed E-state index contributed by atoms with van der Waals surface area (Å²) >= 11 is 0. The summed E-state index contributed by atoms with van der Waals surface area (Å²) in [6, 6.07) is 7.42. The molecule has 1 aromatic rings. The molecule has 0 spiro atoms. The highest BCUT2D eigenvalue weighted by atomic mass is 16.5. The molecule has 0 saturated heterocycles. The van der Waals surface area contributed by atoms with Gasteiger partial charge in [-0.25, -0.2) is 0 Å². The van der Waals surface area contributed by atoms with Gasteiger partial charge in [-0.05, 0) is 56.6 Å². The average Bonchev–Trinajstić information content (AvgIpc) is 2.98. The van der Waals surface area contributed by atoms with Crippen molar-refractivity contribution in [2.45, 2.75) is 78.1 Å². The van der Waals surface area contributed by atoms with Crippen LogP contribution in [0.1, 0.15) is 58.9 Å². The van der Waals surface area contributed by atoms with Crippen molar-refractivity contribution >= 4 is 23.6 Å². The van der Waals surface area contributed by atoms with E-state index in [0.29, 0.717) is 19.1 Å². The van der Waals surface area contributed by atoms with Crippen molar-refractivity contribution in [3.8, 4) is 0 Å². The van der Waals surface area contributed by atoms with Crippen LogP contribution in [0.5, 0.6) is 0 Å². The number of hydrogen-bond donors (Lipinski definition) is 3. The van der Waals surface area contributed by atoms with Crippen LogP contribution in [0.3, 0.4) is 0 Å². The molecule has 0 radical (unpaired) electrons. The van der Waals surface area contributed by atoms with Crippen LogP contribution in [-0.2, 0) is 30.5 Å². The van der Waals surface area contributed by atoms with Gasteiger partial charge in [0, 0.05) is 18.9 Å². The lowest BCUT2D eigenvalue weighted by molar-refractivity contribution is -0.146. The minimum atomic E-state index is -0.861. The molecule has 4 atom stereocenters. The monoisotopic (exact) mass is 581 g/mol. The maximum absolute atomic E-state index is 13.6. The molecule has 1 heterocycles. The van der Waals surface area contributed by atoms with Crippen LogP contribution < -0.4 is 16.0 Å². The van der Waals surface area contributed by atoms with Crippen molar-refractivity contribution in [2.75, 3.05) is 26.7 Å². The highest BCUT2D eigenvalue weighted by molar-refractivity contribution is 5.94. The third-order valence-electron chi connectivity index (χ3n) is 7.74. The SMILES string of the molecule is CN[C@@H](C)C(=O)N[C@H](C(=O)NCC(=O)N1C=CN(CCC2C=CCCC2)C(=O)[C@@H]1COCc1ccccc1)C(C)(C)C. The summed E-state index contributed by atoms with van der Waals surface area (Å²) in [4.78, 5) is 55.6. The maximum Gasteiger partial charge on any atom is 0.252 e. The number of ether oxygens (including phenoxy) is 1. The summed E-state index contributed by atoms with van der Waals surface area (Å²) in [5.74, 6) is -1.01. The molecule has 1 aliphatic heterocycles. The van der Waals surface area contributed by atoms with Crippen molar-refractivity contribution in [1.29, 1.82) is 0 Å². The Kier molecular flexibility index (Phi) is 12.3. The number of allylic oxidation sites excluding steroid dienone is 2. The first-order valence-electron chi connectivity index (χ1n) is 14.8. The first kappa shape index (κ1) is 33.0. The number of nitrogens with zero attached hydrogens (tertiary/aromatic N) is 2. The van der Waals surface area contributed by atoms with Gasteiger partial charge in [-0.1, -0.05) is 63.3 Å². The molecule has 1 unspecified atom stereocenters. The van der Waals surface area contributed by atoms with E-state index in [0.717, 1.165) is 31.2 Å². The Hall–Kier alpha value is -3.50. The van der Waals surface area contributed by atoms with E-state index < -0.39 is 35.4 Å². The lowest BCUT2D eigenvalue weighted by atomic mass is 9.86. The summed E-state index contributed by atoms with van der Waals surface area (Å²) in [5, 5.41) is 8.31. The molecule has 4 amide bonds. The largest absolute Gasteiger partial charge is 0.374 e. The quantitative estimate of drug-likeness (QED) is 0.308. The molecule has 10 nitrogen and oxygen atoms in total. The number of carbonyl (C=O) groups is 4. The first-order chi connectivity index (χ1) is 20.0. The summed E-state index contributed by atoms with van der Waals surface area (Å²) < 4.78 is 5.91. The smallest absolute Gasteiger partial charge is 0.252 e. The van der Waals surface area contributed by atoms with Crippen LogP contribution >= 0.6 is 0 Å². The van der Waals surface area contributed by atoms with Crippen molar-refractivity contribution in [3.63, 3.8) is 0 Å². The average molecular weight is 582 g/mol. The van der Waals surface area contributed by atoms with Gasteiger partial charge < -0.3 is 30.5 Å². The van der Waals surface area contributed by atoms with E-state index in [2.05, 4.69) is 28.1 Å². The summed E-state index contributed by atoms with van der Waals surface area (Å²) in [6.45, 7) is 7.76. The molecule has 0 aromatic heterocycles. The molecule has 1 aliphatic carbocycles. The normalized spacial score (nSPS) is 20.3. The molecule has 3 N–H and O–H groups in total. The molecule has 1 aromatic carbocycles. The standard InChI is InChI=1S/C32H47N5O5/c1-23(33-5)29(39)35-28(32(2,3)4)30(40)34-20-27(38)37-19-18-36(17-16-24-12-8-6-9-13-24)31(41)26(37)22-42-21-25-14-10-7-11-15-25/h7-8,10-12,14-15,18-19,23-24,26,28,33H,6,9,13,16-17,20-22H2,1-5H3,(H,34,40)(H,35,39)/t23-,24?,26-,28+/m0/s1. The number of rotatable bonds is 13. The second-order valence-electron chi connectivity index (χ2n) is 12.1.